The van der Waals surface area contributed by atoms with Crippen LogP contribution in [0.5, 0.6) is 0 Å². The van der Waals surface area contributed by atoms with Gasteiger partial charge in [0.2, 0.25) is 0 Å². The van der Waals surface area contributed by atoms with Gasteiger partial charge in [0.05, 0.1) is 12.7 Å². The molecule has 1 atom stereocenters. The van der Waals surface area contributed by atoms with Gasteiger partial charge in [-0.25, -0.2) is 4.79 Å². The van der Waals surface area contributed by atoms with Crippen LogP contribution in [0.15, 0.2) is 24.5 Å². The van der Waals surface area contributed by atoms with E-state index in [1.54, 1.807) is 18.3 Å². The number of carbonyl (C=O) groups excluding carboxylic acids is 2. The van der Waals surface area contributed by atoms with Gasteiger partial charge < -0.3 is 10.1 Å². The van der Waals surface area contributed by atoms with Crippen LogP contribution in [-0.2, 0) is 9.53 Å². The number of carbonyl (C=O) groups is 2. The van der Waals surface area contributed by atoms with Gasteiger partial charge in [0, 0.05) is 18.8 Å². The number of terminal acetylenes is 1. The van der Waals surface area contributed by atoms with Gasteiger partial charge in [-0.3, -0.25) is 9.78 Å². The zero-order valence-corrected chi connectivity index (χ0v) is 9.34. The number of hydrogen-bond acceptors (Lipinski definition) is 4. The molecule has 0 aromatic carbocycles. The first-order valence-electron chi connectivity index (χ1n) is 4.91. The minimum absolute atomic E-state index is 0.0820. The quantitative estimate of drug-likeness (QED) is 0.601. The first-order valence-corrected chi connectivity index (χ1v) is 4.91. The van der Waals surface area contributed by atoms with Gasteiger partial charge in [-0.1, -0.05) is 0 Å². The highest BCUT2D eigenvalue weighted by molar-refractivity contribution is 5.96. The molecule has 5 nitrogen and oxygen atoms in total. The van der Waals surface area contributed by atoms with Gasteiger partial charge in [-0.05, 0) is 12.1 Å². The summed E-state index contributed by atoms with van der Waals surface area (Å²) < 4.78 is 4.54. The normalized spacial score (nSPS) is 11.1. The van der Waals surface area contributed by atoms with E-state index in [-0.39, 0.29) is 6.42 Å². The maximum Gasteiger partial charge on any atom is 0.329 e. The highest BCUT2D eigenvalue weighted by Crippen LogP contribution is 1.99. The average Bonchev–Trinajstić information content (AvgIpc) is 2.38. The Morgan fingerprint density at radius 3 is 2.94 bits per heavy atom. The zero-order chi connectivity index (χ0) is 12.7. The molecule has 0 bridgehead atoms. The Kier molecular flexibility index (Phi) is 4.70. The molecule has 1 heterocycles. The van der Waals surface area contributed by atoms with Crippen LogP contribution in [0.1, 0.15) is 16.8 Å². The fraction of sp³-hybridized carbons (Fsp3) is 0.250. The Labute approximate surface area is 99.2 Å². The molecule has 88 valence electrons. The predicted octanol–water partition coefficient (Wildman–Crippen LogP) is 0.376. The van der Waals surface area contributed by atoms with E-state index in [1.165, 1.54) is 13.3 Å². The van der Waals surface area contributed by atoms with Gasteiger partial charge in [0.25, 0.3) is 5.91 Å². The van der Waals surface area contributed by atoms with Crippen LogP contribution in [0.4, 0.5) is 0 Å². The third-order valence-electron chi connectivity index (χ3n) is 2.04. The fourth-order valence-corrected chi connectivity index (χ4v) is 1.19. The summed E-state index contributed by atoms with van der Waals surface area (Å²) in [4.78, 5) is 26.9. The average molecular weight is 232 g/mol. The molecule has 0 spiro atoms. The number of hydrogen-bond donors (Lipinski definition) is 1. The summed E-state index contributed by atoms with van der Waals surface area (Å²) in [6.45, 7) is 0. The highest BCUT2D eigenvalue weighted by Gasteiger charge is 2.20. The first kappa shape index (κ1) is 12.7. The maximum absolute atomic E-state index is 11.7. The standard InChI is InChI=1S/C12H12N2O3/c1-3-5-10(12(16)17-2)14-11(15)9-6-4-7-13-8-9/h1,4,6-8,10H,5H2,2H3,(H,14,15)/t10-/m0/s1. The first-order chi connectivity index (χ1) is 8.19. The van der Waals surface area contributed by atoms with Crippen molar-refractivity contribution in [1.29, 1.82) is 0 Å². The Balaban J connectivity index is 2.72. The second kappa shape index (κ2) is 6.28. The molecule has 0 fully saturated rings. The molecule has 0 aliphatic heterocycles. The van der Waals surface area contributed by atoms with Crippen molar-refractivity contribution in [2.24, 2.45) is 0 Å². The van der Waals surface area contributed by atoms with E-state index in [2.05, 4.69) is 21.0 Å². The molecular weight excluding hydrogens is 220 g/mol. The van der Waals surface area contributed by atoms with E-state index in [0.717, 1.165) is 0 Å². The molecule has 0 aliphatic rings. The van der Waals surface area contributed by atoms with Crippen LogP contribution in [0.2, 0.25) is 0 Å². The van der Waals surface area contributed by atoms with Crippen LogP contribution < -0.4 is 5.32 Å². The van der Waals surface area contributed by atoms with Crippen LogP contribution in [0, 0.1) is 12.3 Å². The predicted molar refractivity (Wildman–Crippen MR) is 61.0 cm³/mol. The second-order valence-corrected chi connectivity index (χ2v) is 3.20. The monoisotopic (exact) mass is 232 g/mol. The summed E-state index contributed by atoms with van der Waals surface area (Å²) in [5.74, 6) is 1.33. The SMILES string of the molecule is C#CC[C@H](NC(=O)c1cccnc1)C(=O)OC. The number of pyridine rings is 1. The molecule has 1 rings (SSSR count). The fourth-order valence-electron chi connectivity index (χ4n) is 1.19. The van der Waals surface area contributed by atoms with E-state index >= 15 is 0 Å². The van der Waals surface area contributed by atoms with Crippen molar-refractivity contribution in [2.75, 3.05) is 7.11 Å². The molecule has 5 heteroatoms. The zero-order valence-electron chi connectivity index (χ0n) is 9.34. The number of esters is 1. The van der Waals surface area contributed by atoms with Gasteiger partial charge in [0.1, 0.15) is 6.04 Å². The minimum Gasteiger partial charge on any atom is -0.467 e. The van der Waals surface area contributed by atoms with Crippen molar-refractivity contribution < 1.29 is 14.3 Å². The number of ether oxygens (including phenoxy) is 1. The van der Waals surface area contributed by atoms with Gasteiger partial charge >= 0.3 is 5.97 Å². The minimum atomic E-state index is -0.835. The molecule has 1 N–H and O–H groups in total. The summed E-state index contributed by atoms with van der Waals surface area (Å²) >= 11 is 0. The summed E-state index contributed by atoms with van der Waals surface area (Å²) in [6.07, 6.45) is 8.15. The summed E-state index contributed by atoms with van der Waals surface area (Å²) in [5.41, 5.74) is 0.360. The lowest BCUT2D eigenvalue weighted by Crippen LogP contribution is -2.41. The number of aromatic nitrogens is 1. The van der Waals surface area contributed by atoms with Crippen molar-refractivity contribution in [1.82, 2.24) is 10.3 Å². The number of nitrogens with one attached hydrogen (secondary N) is 1. The van der Waals surface area contributed by atoms with E-state index in [9.17, 15) is 9.59 Å². The topological polar surface area (TPSA) is 68.3 Å². The molecule has 0 aliphatic carbocycles. The van der Waals surface area contributed by atoms with Crippen LogP contribution in [-0.4, -0.2) is 30.0 Å². The van der Waals surface area contributed by atoms with E-state index in [4.69, 9.17) is 6.42 Å². The third kappa shape index (κ3) is 3.61. The molecule has 1 aromatic heterocycles. The molecule has 0 saturated heterocycles. The van der Waals surface area contributed by atoms with Crippen LogP contribution in [0.3, 0.4) is 0 Å². The number of methoxy groups -OCH3 is 1. The van der Waals surface area contributed by atoms with E-state index in [0.29, 0.717) is 5.56 Å². The maximum atomic E-state index is 11.7. The van der Waals surface area contributed by atoms with Gasteiger partial charge in [-0.2, -0.15) is 0 Å². The molecule has 0 unspecified atom stereocenters. The highest BCUT2D eigenvalue weighted by atomic mass is 16.5. The van der Waals surface area contributed by atoms with Crippen molar-refractivity contribution in [2.45, 2.75) is 12.5 Å². The second-order valence-electron chi connectivity index (χ2n) is 3.20. The Bertz CT molecular complexity index is 437. The van der Waals surface area contributed by atoms with Crippen LogP contribution >= 0.6 is 0 Å². The van der Waals surface area contributed by atoms with Crippen molar-refractivity contribution >= 4 is 11.9 Å². The van der Waals surface area contributed by atoms with Crippen molar-refractivity contribution in [3.8, 4) is 12.3 Å². The Morgan fingerprint density at radius 1 is 1.65 bits per heavy atom. The molecule has 17 heavy (non-hydrogen) atoms. The summed E-state index contributed by atoms with van der Waals surface area (Å²) in [6, 6.07) is 2.38. The molecule has 0 saturated carbocycles. The molecule has 1 aromatic rings. The number of rotatable bonds is 4. The van der Waals surface area contributed by atoms with Crippen molar-refractivity contribution in [3.05, 3.63) is 30.1 Å². The molecule has 0 radical (unpaired) electrons. The summed E-state index contributed by atoms with van der Waals surface area (Å²) in [7, 11) is 1.24. The summed E-state index contributed by atoms with van der Waals surface area (Å²) in [5, 5.41) is 2.49. The lowest BCUT2D eigenvalue weighted by Gasteiger charge is -2.13. The number of nitrogens with zero attached hydrogens (tertiary/aromatic N) is 1. The lowest BCUT2D eigenvalue weighted by atomic mass is 10.2. The third-order valence-corrected chi connectivity index (χ3v) is 2.04. The largest absolute Gasteiger partial charge is 0.467 e. The Morgan fingerprint density at radius 2 is 2.41 bits per heavy atom. The lowest BCUT2D eigenvalue weighted by molar-refractivity contribution is -0.142. The van der Waals surface area contributed by atoms with Gasteiger partial charge in [-0.15, -0.1) is 12.3 Å². The molecule has 1 amide bonds. The smallest absolute Gasteiger partial charge is 0.329 e. The number of amides is 1. The Hall–Kier alpha value is -2.35. The van der Waals surface area contributed by atoms with Crippen molar-refractivity contribution in [3.63, 3.8) is 0 Å². The van der Waals surface area contributed by atoms with Gasteiger partial charge in [0.15, 0.2) is 0 Å². The van der Waals surface area contributed by atoms with E-state index in [1.807, 2.05) is 0 Å². The van der Waals surface area contributed by atoms with Crippen LogP contribution in [0.25, 0.3) is 0 Å². The molecular formula is C12H12N2O3. The van der Waals surface area contributed by atoms with E-state index < -0.39 is 17.9 Å².